The molecule has 0 saturated carbocycles. The van der Waals surface area contributed by atoms with E-state index in [2.05, 4.69) is 24.0 Å². The maximum absolute atomic E-state index is 13.6. The van der Waals surface area contributed by atoms with Crippen LogP contribution < -0.4 is 4.90 Å². The molecule has 0 aliphatic carbocycles. The van der Waals surface area contributed by atoms with Gasteiger partial charge in [0.2, 0.25) is 5.91 Å². The van der Waals surface area contributed by atoms with Crippen molar-refractivity contribution < 1.29 is 14.3 Å². The van der Waals surface area contributed by atoms with Crippen LogP contribution in [0.25, 0.3) is 11.1 Å². The van der Waals surface area contributed by atoms with E-state index in [4.69, 9.17) is 4.74 Å². The molecular formula is C30H29NO3. The molecule has 0 radical (unpaired) electrons. The minimum absolute atomic E-state index is 0.316. The maximum Gasteiger partial charge on any atom is 0.421 e. The summed E-state index contributed by atoms with van der Waals surface area (Å²) in [5.74, 6) is 5.85. The zero-order valence-electron chi connectivity index (χ0n) is 20.3. The standard InChI is InChI=1S/C30H29NO3/c1-21(15-16-22-17-19-24(20-18-22)23-11-7-6-8-12-23)30(5)25-13-9-10-14-26(25)31(27(30)32)28(33)34-29(2,3)4/h6-14,17-21H,1-5H3/t21-,30+/m0/s1. The topological polar surface area (TPSA) is 46.6 Å². The van der Waals surface area contributed by atoms with Gasteiger partial charge in [-0.25, -0.2) is 9.69 Å². The normalized spacial score (nSPS) is 18.0. The van der Waals surface area contributed by atoms with Gasteiger partial charge in [0.15, 0.2) is 0 Å². The highest BCUT2D eigenvalue weighted by atomic mass is 16.6. The van der Waals surface area contributed by atoms with Crippen molar-refractivity contribution in [1.29, 1.82) is 0 Å². The number of amides is 2. The Balaban J connectivity index is 1.62. The lowest BCUT2D eigenvalue weighted by Gasteiger charge is -2.28. The van der Waals surface area contributed by atoms with Crippen molar-refractivity contribution in [2.24, 2.45) is 5.92 Å². The fourth-order valence-corrected chi connectivity index (χ4v) is 4.18. The minimum Gasteiger partial charge on any atom is -0.443 e. The second-order valence-corrected chi connectivity index (χ2v) is 9.77. The molecule has 4 nitrogen and oxygen atoms in total. The van der Waals surface area contributed by atoms with Crippen LogP contribution in [-0.2, 0) is 14.9 Å². The van der Waals surface area contributed by atoms with Crippen LogP contribution in [0.2, 0.25) is 0 Å². The molecule has 4 rings (SSSR count). The van der Waals surface area contributed by atoms with Gasteiger partial charge in [-0.15, -0.1) is 0 Å². The van der Waals surface area contributed by atoms with E-state index in [1.165, 1.54) is 0 Å². The largest absolute Gasteiger partial charge is 0.443 e. The van der Waals surface area contributed by atoms with Gasteiger partial charge in [-0.3, -0.25) is 4.79 Å². The summed E-state index contributed by atoms with van der Waals surface area (Å²) in [7, 11) is 0. The highest BCUT2D eigenvalue weighted by Crippen LogP contribution is 2.46. The van der Waals surface area contributed by atoms with E-state index < -0.39 is 17.1 Å². The SMILES string of the molecule is C[C@@H](C#Cc1ccc(-c2ccccc2)cc1)[C@@]1(C)C(=O)N(C(=O)OC(C)(C)C)c2ccccc21. The second-order valence-electron chi connectivity index (χ2n) is 9.77. The maximum atomic E-state index is 13.6. The third-order valence-corrected chi connectivity index (χ3v) is 6.22. The zero-order chi connectivity index (χ0) is 24.5. The van der Waals surface area contributed by atoms with Crippen molar-refractivity contribution in [1.82, 2.24) is 0 Å². The van der Waals surface area contributed by atoms with Crippen LogP contribution in [0, 0.1) is 17.8 Å². The molecule has 2 atom stereocenters. The molecule has 1 aliphatic rings. The molecule has 0 spiro atoms. The predicted octanol–water partition coefficient (Wildman–Crippen LogP) is 6.58. The second kappa shape index (κ2) is 8.83. The van der Waals surface area contributed by atoms with E-state index in [1.807, 2.05) is 74.5 Å². The van der Waals surface area contributed by atoms with E-state index >= 15 is 0 Å². The van der Waals surface area contributed by atoms with Gasteiger partial charge in [0.05, 0.1) is 11.1 Å². The van der Waals surface area contributed by atoms with E-state index in [0.29, 0.717) is 5.69 Å². The molecule has 1 aliphatic heterocycles. The minimum atomic E-state index is -0.968. The molecule has 0 aromatic heterocycles. The highest BCUT2D eigenvalue weighted by molar-refractivity contribution is 6.21. The van der Waals surface area contributed by atoms with Crippen LogP contribution in [0.15, 0.2) is 78.9 Å². The van der Waals surface area contributed by atoms with Gasteiger partial charge in [0.25, 0.3) is 0 Å². The number of anilines is 1. The van der Waals surface area contributed by atoms with Crippen LogP contribution in [0.5, 0.6) is 0 Å². The summed E-state index contributed by atoms with van der Waals surface area (Å²) in [6.07, 6.45) is -0.662. The molecule has 0 saturated heterocycles. The van der Waals surface area contributed by atoms with Gasteiger partial charge >= 0.3 is 6.09 Å². The van der Waals surface area contributed by atoms with Gasteiger partial charge in [0, 0.05) is 11.5 Å². The first kappa shape index (κ1) is 23.3. The third-order valence-electron chi connectivity index (χ3n) is 6.22. The Hall–Kier alpha value is -3.84. The molecule has 4 heteroatoms. The van der Waals surface area contributed by atoms with Crippen LogP contribution in [0.1, 0.15) is 45.7 Å². The summed E-state index contributed by atoms with van der Waals surface area (Å²) in [4.78, 5) is 27.7. The van der Waals surface area contributed by atoms with Crippen molar-refractivity contribution in [3.8, 4) is 23.0 Å². The molecule has 0 fully saturated rings. The van der Waals surface area contributed by atoms with Crippen LogP contribution in [0.4, 0.5) is 10.5 Å². The van der Waals surface area contributed by atoms with Gasteiger partial charge in [-0.1, -0.05) is 79.4 Å². The van der Waals surface area contributed by atoms with Gasteiger partial charge in [-0.2, -0.15) is 0 Å². The molecule has 3 aromatic rings. The number of hydrogen-bond acceptors (Lipinski definition) is 3. The van der Waals surface area contributed by atoms with Crippen molar-refractivity contribution in [2.45, 2.75) is 45.6 Å². The quantitative estimate of drug-likeness (QED) is 0.414. The first-order valence-electron chi connectivity index (χ1n) is 11.5. The number of carbonyl (C=O) groups is 2. The zero-order valence-corrected chi connectivity index (χ0v) is 20.3. The molecule has 34 heavy (non-hydrogen) atoms. The lowest BCUT2D eigenvalue weighted by atomic mass is 9.73. The van der Waals surface area contributed by atoms with E-state index in [9.17, 15) is 9.59 Å². The monoisotopic (exact) mass is 451 g/mol. The third kappa shape index (κ3) is 4.34. The average Bonchev–Trinajstić information content (AvgIpc) is 3.05. The number of para-hydroxylation sites is 1. The van der Waals surface area contributed by atoms with E-state index in [-0.39, 0.29) is 11.8 Å². The molecule has 3 aromatic carbocycles. The Morgan fingerprint density at radius 2 is 1.50 bits per heavy atom. The number of fused-ring (bicyclic) bond motifs is 1. The summed E-state index contributed by atoms with van der Waals surface area (Å²) < 4.78 is 5.53. The van der Waals surface area contributed by atoms with Crippen LogP contribution >= 0.6 is 0 Å². The fourth-order valence-electron chi connectivity index (χ4n) is 4.18. The fraction of sp³-hybridized carbons (Fsp3) is 0.267. The molecule has 0 N–H and O–H groups in total. The number of benzene rings is 3. The molecule has 172 valence electrons. The van der Waals surface area contributed by atoms with Crippen molar-refractivity contribution in [3.63, 3.8) is 0 Å². The predicted molar refractivity (Wildman–Crippen MR) is 135 cm³/mol. The Labute approximate surface area is 201 Å². The molecule has 0 unspecified atom stereocenters. The van der Waals surface area contributed by atoms with E-state index in [0.717, 1.165) is 27.2 Å². The molecule has 0 bridgehead atoms. The number of ether oxygens (including phenoxy) is 1. The number of carbonyl (C=O) groups excluding carboxylic acids is 2. The lowest BCUT2D eigenvalue weighted by molar-refractivity contribution is -0.123. The summed E-state index contributed by atoms with van der Waals surface area (Å²) in [5, 5.41) is 0. The number of hydrogen-bond donors (Lipinski definition) is 0. The van der Waals surface area contributed by atoms with Crippen LogP contribution in [-0.4, -0.2) is 17.6 Å². The van der Waals surface area contributed by atoms with Gasteiger partial charge < -0.3 is 4.74 Å². The van der Waals surface area contributed by atoms with Crippen molar-refractivity contribution >= 4 is 17.7 Å². The number of nitrogens with zero attached hydrogens (tertiary/aromatic N) is 1. The number of imide groups is 1. The molecule has 2 amide bonds. The highest BCUT2D eigenvalue weighted by Gasteiger charge is 2.53. The first-order chi connectivity index (χ1) is 16.1. The first-order valence-corrected chi connectivity index (χ1v) is 11.5. The van der Waals surface area contributed by atoms with Crippen molar-refractivity contribution in [3.05, 3.63) is 90.0 Å². The smallest absolute Gasteiger partial charge is 0.421 e. The lowest BCUT2D eigenvalue weighted by Crippen LogP contribution is -2.46. The summed E-state index contributed by atoms with van der Waals surface area (Å²) in [5.41, 5.74) is 2.82. The summed E-state index contributed by atoms with van der Waals surface area (Å²) >= 11 is 0. The Morgan fingerprint density at radius 1 is 0.912 bits per heavy atom. The summed E-state index contributed by atoms with van der Waals surface area (Å²) in [6, 6.07) is 25.6. The summed E-state index contributed by atoms with van der Waals surface area (Å²) in [6.45, 7) is 9.14. The Morgan fingerprint density at radius 3 is 2.15 bits per heavy atom. The number of rotatable bonds is 2. The molecular weight excluding hydrogens is 422 g/mol. The van der Waals surface area contributed by atoms with E-state index in [1.54, 1.807) is 26.8 Å². The van der Waals surface area contributed by atoms with Gasteiger partial charge in [-0.05, 0) is 62.6 Å². The molecule has 1 heterocycles. The van der Waals surface area contributed by atoms with Crippen molar-refractivity contribution in [2.75, 3.05) is 4.90 Å². The Bertz CT molecular complexity index is 1280. The van der Waals surface area contributed by atoms with Crippen LogP contribution in [0.3, 0.4) is 0 Å². The average molecular weight is 452 g/mol. The van der Waals surface area contributed by atoms with Gasteiger partial charge in [0.1, 0.15) is 5.60 Å². The Kier molecular flexibility index (Phi) is 6.06.